The number of pyridine rings is 1. The van der Waals surface area contributed by atoms with E-state index in [4.69, 9.17) is 28.2 Å². The molecule has 1 fully saturated rings. The number of halogens is 1. The molecule has 154 valence electrons. The highest BCUT2D eigenvalue weighted by molar-refractivity contribution is 7.80. The van der Waals surface area contributed by atoms with Gasteiger partial charge in [0.1, 0.15) is 17.6 Å². The van der Waals surface area contributed by atoms with Crippen molar-refractivity contribution in [2.75, 3.05) is 4.90 Å². The Morgan fingerprint density at radius 3 is 2.55 bits per heavy atom. The van der Waals surface area contributed by atoms with Crippen LogP contribution in [0.2, 0.25) is 5.02 Å². The van der Waals surface area contributed by atoms with Crippen LogP contribution >= 0.6 is 23.8 Å². The number of rotatable bonds is 4. The van der Waals surface area contributed by atoms with E-state index in [9.17, 15) is 0 Å². The molecule has 0 unspecified atom stereocenters. The molecular weight excluding hydrogens is 426 g/mol. The van der Waals surface area contributed by atoms with Crippen LogP contribution in [0.3, 0.4) is 0 Å². The minimum atomic E-state index is -0.182. The first-order chi connectivity index (χ1) is 15.1. The molecular formula is C25H20ClN3OS. The molecule has 3 heterocycles. The van der Waals surface area contributed by atoms with Gasteiger partial charge in [0, 0.05) is 22.5 Å². The summed E-state index contributed by atoms with van der Waals surface area (Å²) in [4.78, 5) is 6.68. The Hall–Kier alpha value is -3.15. The van der Waals surface area contributed by atoms with Crippen LogP contribution in [-0.4, -0.2) is 10.1 Å². The lowest BCUT2D eigenvalue weighted by Crippen LogP contribution is -2.29. The minimum Gasteiger partial charge on any atom is -0.459 e. The van der Waals surface area contributed by atoms with Gasteiger partial charge in [-0.2, -0.15) is 0 Å². The van der Waals surface area contributed by atoms with Gasteiger partial charge in [0.2, 0.25) is 0 Å². The Kier molecular flexibility index (Phi) is 5.22. The van der Waals surface area contributed by atoms with Crippen LogP contribution in [0.15, 0.2) is 89.5 Å². The summed E-state index contributed by atoms with van der Waals surface area (Å²) in [5.74, 6) is 1.59. The summed E-state index contributed by atoms with van der Waals surface area (Å²) in [6.45, 7) is 2.00. The summed E-state index contributed by atoms with van der Waals surface area (Å²) in [6.07, 6.45) is 1.80. The molecule has 2 atom stereocenters. The number of nitrogens with zero attached hydrogens (tertiary/aromatic N) is 2. The average molecular weight is 446 g/mol. The first-order valence-electron chi connectivity index (χ1n) is 10.0. The normalized spacial score (nSPS) is 18.3. The van der Waals surface area contributed by atoms with Crippen LogP contribution in [0.25, 0.3) is 11.3 Å². The molecule has 0 saturated carbocycles. The number of hydrogen-bond donors (Lipinski definition) is 1. The molecule has 4 aromatic rings. The van der Waals surface area contributed by atoms with Gasteiger partial charge in [-0.1, -0.05) is 48.0 Å². The van der Waals surface area contributed by atoms with Crippen molar-refractivity contribution in [3.05, 3.63) is 107 Å². The molecule has 2 aromatic heterocycles. The van der Waals surface area contributed by atoms with Gasteiger partial charge in [0.25, 0.3) is 0 Å². The van der Waals surface area contributed by atoms with E-state index in [0.717, 1.165) is 39.1 Å². The van der Waals surface area contributed by atoms with Gasteiger partial charge in [-0.15, -0.1) is 0 Å². The lowest BCUT2D eigenvalue weighted by atomic mass is 10.0. The summed E-state index contributed by atoms with van der Waals surface area (Å²) >= 11 is 12.1. The fourth-order valence-electron chi connectivity index (χ4n) is 4.04. The fourth-order valence-corrected chi connectivity index (χ4v) is 4.56. The molecule has 1 saturated heterocycles. The van der Waals surface area contributed by atoms with Crippen molar-refractivity contribution >= 4 is 34.6 Å². The summed E-state index contributed by atoms with van der Waals surface area (Å²) in [6, 6.07) is 25.5. The van der Waals surface area contributed by atoms with E-state index in [1.807, 2.05) is 85.8 Å². The quantitative estimate of drug-likeness (QED) is 0.364. The lowest BCUT2D eigenvalue weighted by molar-refractivity contribution is 0.439. The second-order valence-corrected chi connectivity index (χ2v) is 8.24. The van der Waals surface area contributed by atoms with Crippen LogP contribution in [-0.2, 0) is 0 Å². The van der Waals surface area contributed by atoms with Gasteiger partial charge in [-0.3, -0.25) is 4.98 Å². The second kappa shape index (κ2) is 8.17. The maximum absolute atomic E-state index is 6.41. The molecule has 6 heteroatoms. The van der Waals surface area contributed by atoms with Crippen molar-refractivity contribution in [3.63, 3.8) is 0 Å². The number of aromatic nitrogens is 1. The summed E-state index contributed by atoms with van der Waals surface area (Å²) in [5, 5.41) is 4.81. The molecule has 1 aliphatic heterocycles. The van der Waals surface area contributed by atoms with Crippen LogP contribution in [0.1, 0.15) is 29.1 Å². The monoisotopic (exact) mass is 445 g/mol. The first-order valence-corrected chi connectivity index (χ1v) is 10.8. The van der Waals surface area contributed by atoms with Crippen molar-refractivity contribution in [3.8, 4) is 11.3 Å². The number of anilines is 1. The lowest BCUT2D eigenvalue weighted by Gasteiger charge is -2.26. The van der Waals surface area contributed by atoms with E-state index in [0.29, 0.717) is 5.11 Å². The third kappa shape index (κ3) is 3.60. The summed E-state index contributed by atoms with van der Waals surface area (Å²) < 4.78 is 6.41. The standard InChI is InChI=1S/C25H20ClN3OS/c1-16-18(10-7-11-19(16)26)21-13-14-22(30-21)24-23(20-12-5-6-15-27-20)28-25(31)29(24)17-8-3-2-4-9-17/h2-15,23-24H,1H3,(H,28,31)/t23-,24+/m0/s1. The molecule has 0 amide bonds. The van der Waals surface area contributed by atoms with Crippen molar-refractivity contribution < 1.29 is 4.42 Å². The van der Waals surface area contributed by atoms with E-state index in [2.05, 4.69) is 15.2 Å². The van der Waals surface area contributed by atoms with Gasteiger partial charge in [0.05, 0.1) is 11.7 Å². The van der Waals surface area contributed by atoms with E-state index in [1.54, 1.807) is 6.20 Å². The molecule has 0 spiro atoms. The highest BCUT2D eigenvalue weighted by atomic mass is 35.5. The smallest absolute Gasteiger partial charge is 0.174 e. The number of para-hydroxylation sites is 1. The van der Waals surface area contributed by atoms with Crippen molar-refractivity contribution in [1.82, 2.24) is 10.3 Å². The number of thiocarbonyl (C=S) groups is 1. The maximum Gasteiger partial charge on any atom is 0.174 e. The van der Waals surface area contributed by atoms with Crippen LogP contribution < -0.4 is 10.2 Å². The van der Waals surface area contributed by atoms with Gasteiger partial charge in [-0.25, -0.2) is 0 Å². The highest BCUT2D eigenvalue weighted by Gasteiger charge is 2.42. The average Bonchev–Trinajstić information content (AvgIpc) is 3.41. The molecule has 2 aromatic carbocycles. The summed E-state index contributed by atoms with van der Waals surface area (Å²) in [5.41, 5.74) is 3.88. The molecule has 5 rings (SSSR count). The Morgan fingerprint density at radius 1 is 0.968 bits per heavy atom. The Balaban J connectivity index is 1.61. The fraction of sp³-hybridized carbons (Fsp3) is 0.120. The Bertz CT molecular complexity index is 1230. The van der Waals surface area contributed by atoms with Crippen LogP contribution in [0, 0.1) is 6.92 Å². The van der Waals surface area contributed by atoms with Gasteiger partial charge in [-0.05, 0) is 67.2 Å². The molecule has 31 heavy (non-hydrogen) atoms. The molecule has 1 aliphatic rings. The predicted octanol–water partition coefficient (Wildman–Crippen LogP) is 6.48. The zero-order valence-electron chi connectivity index (χ0n) is 16.8. The maximum atomic E-state index is 6.41. The minimum absolute atomic E-state index is 0.145. The van der Waals surface area contributed by atoms with E-state index in [-0.39, 0.29) is 12.1 Å². The first kappa shape index (κ1) is 19.8. The number of nitrogens with one attached hydrogen (secondary N) is 1. The van der Waals surface area contributed by atoms with Crippen molar-refractivity contribution in [2.45, 2.75) is 19.0 Å². The molecule has 0 radical (unpaired) electrons. The Morgan fingerprint density at radius 2 is 1.77 bits per heavy atom. The summed E-state index contributed by atoms with van der Waals surface area (Å²) in [7, 11) is 0. The Labute approximate surface area is 191 Å². The number of furan rings is 1. The van der Waals surface area contributed by atoms with Crippen LogP contribution in [0.4, 0.5) is 5.69 Å². The molecule has 0 aliphatic carbocycles. The second-order valence-electron chi connectivity index (χ2n) is 7.45. The van der Waals surface area contributed by atoms with E-state index in [1.165, 1.54) is 0 Å². The van der Waals surface area contributed by atoms with Gasteiger partial charge in [0.15, 0.2) is 5.11 Å². The zero-order valence-corrected chi connectivity index (χ0v) is 18.4. The third-order valence-corrected chi connectivity index (χ3v) is 6.31. The molecule has 0 bridgehead atoms. The largest absolute Gasteiger partial charge is 0.459 e. The molecule has 1 N–H and O–H groups in total. The van der Waals surface area contributed by atoms with Crippen LogP contribution in [0.5, 0.6) is 0 Å². The van der Waals surface area contributed by atoms with E-state index < -0.39 is 0 Å². The van der Waals surface area contributed by atoms with Gasteiger partial charge >= 0.3 is 0 Å². The van der Waals surface area contributed by atoms with Crippen molar-refractivity contribution in [1.29, 1.82) is 0 Å². The highest BCUT2D eigenvalue weighted by Crippen LogP contribution is 2.43. The third-order valence-electron chi connectivity index (χ3n) is 5.58. The zero-order chi connectivity index (χ0) is 21.4. The number of benzene rings is 2. The predicted molar refractivity (Wildman–Crippen MR) is 128 cm³/mol. The van der Waals surface area contributed by atoms with E-state index >= 15 is 0 Å². The topological polar surface area (TPSA) is 41.3 Å². The van der Waals surface area contributed by atoms with Crippen molar-refractivity contribution in [2.24, 2.45) is 0 Å². The van der Waals surface area contributed by atoms with Gasteiger partial charge < -0.3 is 14.6 Å². The SMILES string of the molecule is Cc1c(Cl)cccc1-c1ccc([C@@H]2[C@H](c3ccccn3)NC(=S)N2c2ccccc2)o1. The number of hydrogen-bond acceptors (Lipinski definition) is 3. The molecule has 4 nitrogen and oxygen atoms in total.